The van der Waals surface area contributed by atoms with Gasteiger partial charge < -0.3 is 4.74 Å². The van der Waals surface area contributed by atoms with E-state index < -0.39 is 0 Å². The second kappa shape index (κ2) is 3.04. The van der Waals surface area contributed by atoms with Gasteiger partial charge in [0.25, 0.3) is 0 Å². The van der Waals surface area contributed by atoms with Crippen molar-refractivity contribution in [3.63, 3.8) is 0 Å². The predicted molar refractivity (Wildman–Crippen MR) is 38.6 cm³/mol. The van der Waals surface area contributed by atoms with Gasteiger partial charge in [-0.25, -0.2) is 0 Å². The first-order chi connectivity index (χ1) is 4.75. The Hall–Kier alpha value is -0.530. The molecule has 0 N–H and O–H groups in total. The molecular weight excluding hydrogens is 128 g/mol. The summed E-state index contributed by atoms with van der Waals surface area (Å²) in [5.41, 5.74) is 0. The highest BCUT2D eigenvalue weighted by Gasteiger charge is 2.37. The second-order valence-corrected chi connectivity index (χ2v) is 2.91. The third kappa shape index (κ3) is 1.31. The van der Waals surface area contributed by atoms with Gasteiger partial charge in [0.1, 0.15) is 6.10 Å². The first-order valence-corrected chi connectivity index (χ1v) is 3.96. The maximum atomic E-state index is 10.6. The Balaban J connectivity index is 2.14. The number of esters is 1. The molecule has 1 fully saturated rings. The minimum Gasteiger partial charge on any atom is -0.461 e. The van der Waals surface area contributed by atoms with Gasteiger partial charge in [-0.15, -0.1) is 0 Å². The predicted octanol–water partition coefficient (Wildman–Crippen LogP) is 1.74. The molecule has 1 rings (SSSR count). The average Bonchev–Trinajstić information content (AvgIpc) is 1.97. The molecule has 1 aliphatic rings. The number of carbonyl (C=O) groups is 1. The largest absolute Gasteiger partial charge is 0.461 e. The number of carbonyl (C=O) groups excluding carboxylic acids is 1. The lowest BCUT2D eigenvalue weighted by molar-refractivity contribution is -0.183. The van der Waals surface area contributed by atoms with Crippen LogP contribution in [-0.2, 0) is 9.53 Å². The first-order valence-electron chi connectivity index (χ1n) is 3.96. The average molecular weight is 142 g/mol. The van der Waals surface area contributed by atoms with Crippen LogP contribution in [-0.4, -0.2) is 12.1 Å². The smallest absolute Gasteiger partial charge is 0.312 e. The van der Waals surface area contributed by atoms with Crippen molar-refractivity contribution < 1.29 is 9.53 Å². The first kappa shape index (κ1) is 7.58. The summed E-state index contributed by atoms with van der Waals surface area (Å²) in [6.07, 6.45) is 3.62. The molecule has 2 atom stereocenters. The molecular formula is C8H14O2. The zero-order valence-corrected chi connectivity index (χ0v) is 6.59. The van der Waals surface area contributed by atoms with E-state index in [0.29, 0.717) is 0 Å². The molecule has 0 spiro atoms. The number of hydrogen-bond donors (Lipinski definition) is 0. The fourth-order valence-corrected chi connectivity index (χ4v) is 1.15. The molecule has 58 valence electrons. The molecule has 0 aromatic rings. The third-order valence-electron chi connectivity index (χ3n) is 2.04. The van der Waals surface area contributed by atoms with Gasteiger partial charge in [0.15, 0.2) is 0 Å². The summed E-state index contributed by atoms with van der Waals surface area (Å²) in [5, 5.41) is 0. The van der Waals surface area contributed by atoms with Crippen LogP contribution in [0.2, 0.25) is 0 Å². The third-order valence-corrected chi connectivity index (χ3v) is 2.04. The highest BCUT2D eigenvalue weighted by Crippen LogP contribution is 2.25. The summed E-state index contributed by atoms with van der Waals surface area (Å²) >= 11 is 0. The summed E-state index contributed by atoms with van der Waals surface area (Å²) < 4.78 is 4.91. The molecule has 1 heterocycles. The van der Waals surface area contributed by atoms with E-state index in [1.165, 1.54) is 12.8 Å². The highest BCUT2D eigenvalue weighted by atomic mass is 16.6. The van der Waals surface area contributed by atoms with E-state index in [1.807, 2.05) is 6.92 Å². The standard InChI is InChI=1S/C8H14O2/c1-3-4-5-7-6(2)8(9)10-7/h6-7H,3-5H2,1-2H3. The van der Waals surface area contributed by atoms with Gasteiger partial charge in [0.2, 0.25) is 0 Å². The van der Waals surface area contributed by atoms with Crippen molar-refractivity contribution in [3.8, 4) is 0 Å². The quantitative estimate of drug-likeness (QED) is 0.561. The fraction of sp³-hybridized carbons (Fsp3) is 0.875. The summed E-state index contributed by atoms with van der Waals surface area (Å²) in [7, 11) is 0. The summed E-state index contributed by atoms with van der Waals surface area (Å²) in [4.78, 5) is 10.6. The van der Waals surface area contributed by atoms with Crippen molar-refractivity contribution >= 4 is 5.97 Å². The molecule has 0 bridgehead atoms. The van der Waals surface area contributed by atoms with Gasteiger partial charge in [-0.3, -0.25) is 4.79 Å². The van der Waals surface area contributed by atoms with Gasteiger partial charge in [0, 0.05) is 0 Å². The molecule has 2 unspecified atom stereocenters. The maximum Gasteiger partial charge on any atom is 0.312 e. The van der Waals surface area contributed by atoms with Crippen molar-refractivity contribution in [3.05, 3.63) is 0 Å². The fourth-order valence-electron chi connectivity index (χ4n) is 1.15. The minimum absolute atomic E-state index is 0.0268. The zero-order valence-electron chi connectivity index (χ0n) is 6.59. The number of hydrogen-bond acceptors (Lipinski definition) is 2. The Morgan fingerprint density at radius 2 is 2.30 bits per heavy atom. The Morgan fingerprint density at radius 1 is 1.60 bits per heavy atom. The van der Waals surface area contributed by atoms with E-state index in [-0.39, 0.29) is 18.0 Å². The van der Waals surface area contributed by atoms with E-state index >= 15 is 0 Å². The Bertz CT molecular complexity index is 131. The Morgan fingerprint density at radius 3 is 2.70 bits per heavy atom. The molecule has 0 aromatic heterocycles. The van der Waals surface area contributed by atoms with Crippen LogP contribution in [0.1, 0.15) is 33.1 Å². The number of cyclic esters (lactones) is 1. The summed E-state index contributed by atoms with van der Waals surface area (Å²) in [6, 6.07) is 0. The SMILES string of the molecule is CCCCC1OC(=O)C1C. The lowest BCUT2D eigenvalue weighted by Gasteiger charge is -2.32. The van der Waals surface area contributed by atoms with Gasteiger partial charge in [-0.05, 0) is 13.3 Å². The van der Waals surface area contributed by atoms with Crippen molar-refractivity contribution in [2.24, 2.45) is 5.92 Å². The van der Waals surface area contributed by atoms with Crippen LogP contribution in [0.3, 0.4) is 0 Å². The lowest BCUT2D eigenvalue weighted by atomic mass is 9.95. The summed E-state index contributed by atoms with van der Waals surface area (Å²) in [5.74, 6) is 0.132. The van der Waals surface area contributed by atoms with E-state index in [9.17, 15) is 4.79 Å². The molecule has 0 aliphatic carbocycles. The number of unbranched alkanes of at least 4 members (excludes halogenated alkanes) is 1. The summed E-state index contributed by atoms with van der Waals surface area (Å²) in [6.45, 7) is 4.08. The van der Waals surface area contributed by atoms with Crippen molar-refractivity contribution in [1.82, 2.24) is 0 Å². The van der Waals surface area contributed by atoms with E-state index in [0.717, 1.165) is 6.42 Å². The van der Waals surface area contributed by atoms with E-state index in [1.54, 1.807) is 0 Å². The van der Waals surface area contributed by atoms with Crippen LogP contribution in [0, 0.1) is 5.92 Å². The second-order valence-electron chi connectivity index (χ2n) is 2.91. The van der Waals surface area contributed by atoms with Crippen LogP contribution >= 0.6 is 0 Å². The van der Waals surface area contributed by atoms with E-state index in [2.05, 4.69) is 6.92 Å². The normalized spacial score (nSPS) is 31.2. The van der Waals surface area contributed by atoms with Crippen molar-refractivity contribution in [1.29, 1.82) is 0 Å². The Kier molecular flexibility index (Phi) is 2.30. The number of rotatable bonds is 3. The Labute approximate surface area is 61.6 Å². The van der Waals surface area contributed by atoms with Gasteiger partial charge in [0.05, 0.1) is 5.92 Å². The van der Waals surface area contributed by atoms with Gasteiger partial charge in [-0.1, -0.05) is 19.8 Å². The molecule has 0 saturated carbocycles. The van der Waals surface area contributed by atoms with Gasteiger partial charge >= 0.3 is 5.97 Å². The van der Waals surface area contributed by atoms with Gasteiger partial charge in [-0.2, -0.15) is 0 Å². The highest BCUT2D eigenvalue weighted by molar-refractivity contribution is 5.77. The lowest BCUT2D eigenvalue weighted by Crippen LogP contribution is -2.42. The molecule has 0 amide bonds. The van der Waals surface area contributed by atoms with Crippen LogP contribution in [0.25, 0.3) is 0 Å². The minimum atomic E-state index is -0.0268. The molecule has 10 heavy (non-hydrogen) atoms. The molecule has 2 heteroatoms. The zero-order chi connectivity index (χ0) is 7.56. The number of ether oxygens (including phenoxy) is 1. The van der Waals surface area contributed by atoms with E-state index in [4.69, 9.17) is 4.74 Å². The van der Waals surface area contributed by atoms with Crippen LogP contribution < -0.4 is 0 Å². The van der Waals surface area contributed by atoms with Crippen molar-refractivity contribution in [2.75, 3.05) is 0 Å². The monoisotopic (exact) mass is 142 g/mol. The maximum absolute atomic E-state index is 10.6. The van der Waals surface area contributed by atoms with Crippen LogP contribution in [0.5, 0.6) is 0 Å². The molecule has 0 radical (unpaired) electrons. The molecule has 1 aliphatic heterocycles. The topological polar surface area (TPSA) is 26.3 Å². The molecule has 0 aromatic carbocycles. The molecule has 2 nitrogen and oxygen atoms in total. The van der Waals surface area contributed by atoms with Crippen molar-refractivity contribution in [2.45, 2.75) is 39.2 Å². The van der Waals surface area contributed by atoms with Crippen LogP contribution in [0.4, 0.5) is 0 Å². The molecule has 1 saturated heterocycles. The van der Waals surface area contributed by atoms with Crippen LogP contribution in [0.15, 0.2) is 0 Å².